The number of amides is 1. The Kier molecular flexibility index (Phi) is 8.24. The zero-order chi connectivity index (χ0) is 30.1. The Morgan fingerprint density at radius 2 is 1.59 bits per heavy atom. The van der Waals surface area contributed by atoms with Crippen molar-refractivity contribution in [2.75, 3.05) is 30.5 Å². The third kappa shape index (κ3) is 5.96. The molecule has 1 saturated heterocycles. The Bertz CT molecular complexity index is 1500. The molecule has 2 N–H and O–H groups in total. The number of rotatable bonds is 8. The summed E-state index contributed by atoms with van der Waals surface area (Å²) < 4.78 is 5.82. The van der Waals surface area contributed by atoms with E-state index < -0.39 is 23.7 Å². The highest BCUT2D eigenvalue weighted by Gasteiger charge is 2.47. The summed E-state index contributed by atoms with van der Waals surface area (Å²) in [4.78, 5) is 41.6. The molecule has 4 rings (SSSR count). The number of carboxylic acid groups (broad SMARTS) is 1. The number of carbonyl (C=O) groups excluding carboxylic acids is 2. The molecule has 1 atom stereocenters. The number of nitrogens with zero attached hydrogens (tertiary/aromatic N) is 2. The van der Waals surface area contributed by atoms with Crippen LogP contribution in [0.4, 0.5) is 11.4 Å². The summed E-state index contributed by atoms with van der Waals surface area (Å²) in [6.07, 6.45) is -0.164. The summed E-state index contributed by atoms with van der Waals surface area (Å²) in [5.74, 6) is -2.13. The average molecular weight is 557 g/mol. The van der Waals surface area contributed by atoms with Gasteiger partial charge in [0.2, 0.25) is 0 Å². The number of ether oxygens (including phenoxy) is 1. The van der Waals surface area contributed by atoms with Crippen molar-refractivity contribution in [2.45, 2.75) is 45.6 Å². The molecular formula is C33H36N2O6. The van der Waals surface area contributed by atoms with E-state index in [4.69, 9.17) is 9.84 Å². The molecule has 41 heavy (non-hydrogen) atoms. The molecule has 0 radical (unpaired) electrons. The summed E-state index contributed by atoms with van der Waals surface area (Å²) in [6.45, 7) is 8.49. The van der Waals surface area contributed by atoms with Crippen LogP contribution in [0.1, 0.15) is 56.0 Å². The van der Waals surface area contributed by atoms with Crippen LogP contribution in [0.3, 0.4) is 0 Å². The zero-order valence-corrected chi connectivity index (χ0v) is 24.3. The molecular weight excluding hydrogens is 520 g/mol. The Morgan fingerprint density at radius 1 is 0.951 bits per heavy atom. The number of aliphatic hydroxyl groups is 1. The lowest BCUT2D eigenvalue weighted by molar-refractivity contribution is -0.136. The summed E-state index contributed by atoms with van der Waals surface area (Å²) in [6, 6.07) is 18.3. The number of ketones is 1. The largest absolute Gasteiger partial charge is 0.507 e. The SMILES string of the molecule is CCOc1ccc(/C(O)=C2/C(=O)C(=O)N(c3ccc(CC(=O)O)cc3)C2c2ccc(N(C)C)cc2)cc1C(C)(C)C. The summed E-state index contributed by atoms with van der Waals surface area (Å²) in [7, 11) is 3.83. The quantitative estimate of drug-likeness (QED) is 0.208. The van der Waals surface area contributed by atoms with Gasteiger partial charge in [0, 0.05) is 36.6 Å². The number of anilines is 2. The maximum Gasteiger partial charge on any atom is 0.307 e. The summed E-state index contributed by atoms with van der Waals surface area (Å²) in [5, 5.41) is 20.8. The monoisotopic (exact) mass is 556 g/mol. The number of benzene rings is 3. The van der Waals surface area contributed by atoms with Crippen molar-refractivity contribution in [1.82, 2.24) is 0 Å². The van der Waals surface area contributed by atoms with E-state index >= 15 is 0 Å². The van der Waals surface area contributed by atoms with Crippen molar-refractivity contribution in [3.05, 3.63) is 94.6 Å². The van der Waals surface area contributed by atoms with E-state index in [0.29, 0.717) is 34.7 Å². The van der Waals surface area contributed by atoms with Crippen molar-refractivity contribution in [2.24, 2.45) is 0 Å². The number of carbonyl (C=O) groups is 3. The second-order valence-electron chi connectivity index (χ2n) is 11.3. The molecule has 3 aromatic rings. The van der Waals surface area contributed by atoms with Crippen LogP contribution in [0.2, 0.25) is 0 Å². The van der Waals surface area contributed by atoms with E-state index in [1.165, 1.54) is 4.90 Å². The van der Waals surface area contributed by atoms with E-state index in [1.54, 1.807) is 42.5 Å². The zero-order valence-electron chi connectivity index (χ0n) is 24.3. The van der Waals surface area contributed by atoms with Crippen molar-refractivity contribution in [1.29, 1.82) is 0 Å². The van der Waals surface area contributed by atoms with Gasteiger partial charge in [-0.2, -0.15) is 0 Å². The van der Waals surface area contributed by atoms with Crippen LogP contribution >= 0.6 is 0 Å². The lowest BCUT2D eigenvalue weighted by Gasteiger charge is -2.26. The van der Waals surface area contributed by atoms with E-state index in [9.17, 15) is 19.5 Å². The first-order chi connectivity index (χ1) is 19.3. The summed E-state index contributed by atoms with van der Waals surface area (Å²) in [5.41, 5.74) is 3.50. The molecule has 8 nitrogen and oxygen atoms in total. The van der Waals surface area contributed by atoms with E-state index in [2.05, 4.69) is 0 Å². The smallest absolute Gasteiger partial charge is 0.307 e. The first kappa shape index (κ1) is 29.4. The number of hydrogen-bond donors (Lipinski definition) is 2. The van der Waals surface area contributed by atoms with Gasteiger partial charge in [-0.05, 0) is 65.9 Å². The van der Waals surface area contributed by atoms with Crippen molar-refractivity contribution in [3.8, 4) is 5.75 Å². The Hall–Kier alpha value is -4.59. The predicted molar refractivity (Wildman–Crippen MR) is 160 cm³/mol. The van der Waals surface area contributed by atoms with Gasteiger partial charge >= 0.3 is 5.97 Å². The van der Waals surface area contributed by atoms with Crippen molar-refractivity contribution in [3.63, 3.8) is 0 Å². The third-order valence-electron chi connectivity index (χ3n) is 7.10. The second kappa shape index (κ2) is 11.5. The first-order valence-electron chi connectivity index (χ1n) is 13.5. The van der Waals surface area contributed by atoms with Crippen LogP contribution in [-0.4, -0.2) is 48.6 Å². The van der Waals surface area contributed by atoms with Gasteiger partial charge in [-0.15, -0.1) is 0 Å². The molecule has 3 aromatic carbocycles. The number of aliphatic hydroxyl groups excluding tert-OH is 1. The average Bonchev–Trinajstić information content (AvgIpc) is 3.18. The van der Waals surface area contributed by atoms with Gasteiger partial charge in [0.25, 0.3) is 11.7 Å². The predicted octanol–water partition coefficient (Wildman–Crippen LogP) is 5.70. The van der Waals surface area contributed by atoms with Gasteiger partial charge in [-0.1, -0.05) is 45.0 Å². The fraction of sp³-hybridized carbons (Fsp3) is 0.303. The maximum absolute atomic E-state index is 13.6. The van der Waals surface area contributed by atoms with Crippen LogP contribution in [0.15, 0.2) is 72.3 Å². The summed E-state index contributed by atoms with van der Waals surface area (Å²) >= 11 is 0. The molecule has 1 aliphatic rings. The molecule has 0 spiro atoms. The molecule has 0 bridgehead atoms. The van der Waals surface area contributed by atoms with Gasteiger partial charge in [-0.25, -0.2) is 0 Å². The number of aliphatic carboxylic acids is 1. The fourth-order valence-corrected chi connectivity index (χ4v) is 5.02. The standard InChI is InChI=1S/C33H36N2O6/c1-7-41-26-17-12-22(19-25(26)33(2,3)4)30(38)28-29(21-10-15-23(16-11-21)34(5)6)35(32(40)31(28)39)24-13-8-20(9-14-24)18-27(36)37/h8-17,19,29,38H,7,18H2,1-6H3,(H,36,37)/b30-28-. The highest BCUT2D eigenvalue weighted by molar-refractivity contribution is 6.51. The minimum absolute atomic E-state index is 0.0220. The molecule has 0 aliphatic carbocycles. The number of hydrogen-bond acceptors (Lipinski definition) is 6. The molecule has 1 aliphatic heterocycles. The minimum atomic E-state index is -0.968. The van der Waals surface area contributed by atoms with Crippen molar-refractivity contribution >= 4 is 34.8 Å². The molecule has 8 heteroatoms. The van der Waals surface area contributed by atoms with Crippen LogP contribution in [0, 0.1) is 0 Å². The van der Waals surface area contributed by atoms with Gasteiger partial charge in [0.1, 0.15) is 11.5 Å². The fourth-order valence-electron chi connectivity index (χ4n) is 5.02. The number of Topliss-reactive ketones (excluding diaryl/α,β-unsaturated/α-hetero) is 1. The molecule has 1 heterocycles. The highest BCUT2D eigenvalue weighted by Crippen LogP contribution is 2.43. The number of carboxylic acids is 1. The lowest BCUT2D eigenvalue weighted by atomic mass is 9.84. The third-order valence-corrected chi connectivity index (χ3v) is 7.10. The van der Waals surface area contributed by atoms with Gasteiger partial charge < -0.3 is 19.8 Å². The van der Waals surface area contributed by atoms with Gasteiger partial charge in [0.15, 0.2) is 0 Å². The normalized spacial score (nSPS) is 16.6. The molecule has 214 valence electrons. The van der Waals surface area contributed by atoms with Crippen LogP contribution in [-0.2, 0) is 26.2 Å². The van der Waals surface area contributed by atoms with Crippen LogP contribution < -0.4 is 14.5 Å². The van der Waals surface area contributed by atoms with E-state index in [-0.39, 0.29) is 23.2 Å². The van der Waals surface area contributed by atoms with Crippen LogP contribution in [0.25, 0.3) is 5.76 Å². The highest BCUT2D eigenvalue weighted by atomic mass is 16.5. The Balaban J connectivity index is 1.91. The maximum atomic E-state index is 13.6. The second-order valence-corrected chi connectivity index (χ2v) is 11.3. The molecule has 0 aromatic heterocycles. The molecule has 1 amide bonds. The Morgan fingerprint density at radius 3 is 2.12 bits per heavy atom. The first-order valence-corrected chi connectivity index (χ1v) is 13.5. The Labute approximate surface area is 240 Å². The van der Waals surface area contributed by atoms with E-state index in [1.807, 2.05) is 71.0 Å². The van der Waals surface area contributed by atoms with Crippen molar-refractivity contribution < 1.29 is 29.3 Å². The van der Waals surface area contributed by atoms with Gasteiger partial charge in [-0.3, -0.25) is 19.3 Å². The molecule has 0 saturated carbocycles. The van der Waals surface area contributed by atoms with Crippen LogP contribution in [0.5, 0.6) is 5.75 Å². The van der Waals surface area contributed by atoms with Gasteiger partial charge in [0.05, 0.1) is 24.6 Å². The topological polar surface area (TPSA) is 107 Å². The lowest BCUT2D eigenvalue weighted by Crippen LogP contribution is -2.29. The minimum Gasteiger partial charge on any atom is -0.507 e. The molecule has 1 unspecified atom stereocenters. The van der Waals surface area contributed by atoms with E-state index in [0.717, 1.165) is 11.3 Å². The molecule has 1 fully saturated rings.